The van der Waals surface area contributed by atoms with E-state index in [9.17, 15) is 0 Å². The molecule has 0 amide bonds. The molecule has 4 aromatic rings. The second kappa shape index (κ2) is 90.5. The van der Waals surface area contributed by atoms with Gasteiger partial charge >= 0.3 is 0 Å². The molecular formula is C119H212N5O6. The van der Waals surface area contributed by atoms with Gasteiger partial charge < -0.3 is 39.1 Å². The number of unbranched alkanes of at least 4 members (excludes halogenated alkanes) is 78. The summed E-state index contributed by atoms with van der Waals surface area (Å²) in [5.41, 5.74) is 3.57. The quantitative estimate of drug-likeness (QED) is 0.0412. The van der Waals surface area contributed by atoms with Gasteiger partial charge in [-0.2, -0.15) is 15.0 Å². The van der Waals surface area contributed by atoms with E-state index in [0.717, 1.165) is 99.6 Å². The Bertz CT molecular complexity index is 2770. The minimum absolute atomic E-state index is 0.400. The molecule has 1 aromatic heterocycles. The van der Waals surface area contributed by atoms with Gasteiger partial charge in [0, 0.05) is 41.2 Å². The molecule has 0 bridgehead atoms. The molecule has 0 saturated heterocycles. The minimum atomic E-state index is 0.400. The Balaban J connectivity index is 1.71. The van der Waals surface area contributed by atoms with Crippen molar-refractivity contribution in [3.05, 3.63) is 61.0 Å². The zero-order chi connectivity index (χ0) is 92.3. The van der Waals surface area contributed by atoms with Crippen molar-refractivity contribution in [3.8, 4) is 45.9 Å². The van der Waals surface area contributed by atoms with Crippen molar-refractivity contribution in [1.82, 2.24) is 15.0 Å². The minimum Gasteiger partial charge on any atom is -0.489 e. The molecule has 0 aliphatic carbocycles. The topological polar surface area (TPSA) is 118 Å². The summed E-state index contributed by atoms with van der Waals surface area (Å²) in [6, 6.07) is 16.9. The zero-order valence-corrected chi connectivity index (χ0v) is 87.0. The number of ether oxygens (including phenoxy) is 6. The molecule has 3 aromatic carbocycles. The van der Waals surface area contributed by atoms with Crippen LogP contribution in [0, 0.1) is 6.92 Å². The van der Waals surface area contributed by atoms with Gasteiger partial charge in [0.05, 0.1) is 39.6 Å². The first kappa shape index (κ1) is 117. The van der Waals surface area contributed by atoms with E-state index < -0.39 is 0 Å². The lowest BCUT2D eigenvalue weighted by Crippen LogP contribution is -2.09. The van der Waals surface area contributed by atoms with Gasteiger partial charge in [-0.05, 0) is 57.4 Å². The second-order valence-electron chi connectivity index (χ2n) is 39.8. The summed E-state index contributed by atoms with van der Waals surface area (Å²) < 4.78 is 42.0. The van der Waals surface area contributed by atoms with Gasteiger partial charge in [0.15, 0.2) is 28.8 Å². The molecular weight excluding hydrogens is 1600 g/mol. The average Bonchev–Trinajstić information content (AvgIpc) is 0.807. The Morgan fingerprint density at radius 1 is 0.200 bits per heavy atom. The molecule has 130 heavy (non-hydrogen) atoms. The van der Waals surface area contributed by atoms with E-state index in [1.807, 2.05) is 0 Å². The Kier molecular flexibility index (Phi) is 81.7. The van der Waals surface area contributed by atoms with E-state index in [1.54, 1.807) is 0 Å². The number of anilines is 4. The van der Waals surface area contributed by atoms with E-state index in [4.69, 9.17) is 43.4 Å². The first-order valence-corrected chi connectivity index (χ1v) is 57.8. The molecule has 0 aliphatic rings. The van der Waals surface area contributed by atoms with E-state index in [1.165, 1.54) is 462 Å². The van der Waals surface area contributed by atoms with Crippen LogP contribution in [0.25, 0.3) is 11.4 Å². The Morgan fingerprint density at radius 2 is 0.362 bits per heavy atom. The third-order valence-electron chi connectivity index (χ3n) is 27.2. The number of nitrogens with zero attached hydrogens (tertiary/aromatic N) is 3. The van der Waals surface area contributed by atoms with E-state index in [0.29, 0.717) is 98.3 Å². The SMILES string of the molecule is [CH2]Cc1ccc(-c2nc(Nc3cc(OCCCCCCCCCCCCCCCC)c(OCCCCCCCCCCCCCCCC)c(OCCCCCCCCCCCCCCCC)c3)nc(Nc3cc(OCCCCCCCCCCCCCCCC)c(OCCCCCCCCCCCCCCCC)c(OCCCCCCCCCCCCCCCC)c3)n2)cc1. The lowest BCUT2D eigenvalue weighted by Gasteiger charge is -2.20. The van der Waals surface area contributed by atoms with E-state index in [2.05, 4.69) is 108 Å². The third-order valence-corrected chi connectivity index (χ3v) is 27.2. The average molecular weight is 1810 g/mol. The molecule has 1 radical (unpaired) electrons. The predicted molar refractivity (Wildman–Crippen MR) is 569 cm³/mol. The van der Waals surface area contributed by atoms with Crippen LogP contribution in [-0.4, -0.2) is 54.6 Å². The van der Waals surface area contributed by atoms with Crippen LogP contribution in [0.1, 0.15) is 586 Å². The fraction of sp³-hybridized carbons (Fsp3) is 0.815. The van der Waals surface area contributed by atoms with Crippen molar-refractivity contribution in [2.45, 2.75) is 587 Å². The largest absolute Gasteiger partial charge is 0.489 e. The van der Waals surface area contributed by atoms with Crippen LogP contribution in [-0.2, 0) is 6.42 Å². The monoisotopic (exact) mass is 1810 g/mol. The summed E-state index contributed by atoms with van der Waals surface area (Å²) in [6.07, 6.45) is 111. The first-order chi connectivity index (χ1) is 64.5. The summed E-state index contributed by atoms with van der Waals surface area (Å²) in [5.74, 6) is 5.56. The van der Waals surface area contributed by atoms with Crippen molar-refractivity contribution < 1.29 is 28.4 Å². The highest BCUT2D eigenvalue weighted by atomic mass is 16.5. The third kappa shape index (κ3) is 67.3. The van der Waals surface area contributed by atoms with Crippen LogP contribution in [0.2, 0.25) is 0 Å². The fourth-order valence-electron chi connectivity index (χ4n) is 18.6. The van der Waals surface area contributed by atoms with Gasteiger partial charge in [0.1, 0.15) is 0 Å². The van der Waals surface area contributed by atoms with Gasteiger partial charge in [0.2, 0.25) is 23.4 Å². The summed E-state index contributed by atoms with van der Waals surface area (Å²) in [5, 5.41) is 7.48. The molecule has 0 fully saturated rings. The van der Waals surface area contributed by atoms with E-state index in [-0.39, 0.29) is 0 Å². The molecule has 0 saturated carbocycles. The first-order valence-electron chi connectivity index (χ1n) is 57.8. The van der Waals surface area contributed by atoms with Crippen molar-refractivity contribution in [2.75, 3.05) is 50.3 Å². The number of hydrogen-bond acceptors (Lipinski definition) is 11. The smallest absolute Gasteiger partial charge is 0.232 e. The number of aromatic nitrogens is 3. The van der Waals surface area contributed by atoms with Crippen LogP contribution in [0.3, 0.4) is 0 Å². The van der Waals surface area contributed by atoms with Crippen molar-refractivity contribution >= 4 is 23.3 Å². The van der Waals surface area contributed by atoms with Crippen molar-refractivity contribution in [1.29, 1.82) is 0 Å². The van der Waals surface area contributed by atoms with Crippen LogP contribution < -0.4 is 39.1 Å². The molecule has 0 spiro atoms. The Labute approximate surface area is 806 Å². The number of rotatable bonds is 102. The van der Waals surface area contributed by atoms with Crippen LogP contribution in [0.5, 0.6) is 34.5 Å². The maximum Gasteiger partial charge on any atom is 0.232 e. The predicted octanol–water partition coefficient (Wildman–Crippen LogP) is 40.6. The summed E-state index contributed by atoms with van der Waals surface area (Å²) in [6.45, 7) is 21.7. The molecule has 4 rings (SSSR count). The summed E-state index contributed by atoms with van der Waals surface area (Å²) >= 11 is 0. The van der Waals surface area contributed by atoms with Gasteiger partial charge in [0.25, 0.3) is 0 Å². The van der Waals surface area contributed by atoms with Crippen LogP contribution in [0.15, 0.2) is 48.5 Å². The van der Waals surface area contributed by atoms with Crippen molar-refractivity contribution in [2.24, 2.45) is 0 Å². The molecule has 11 nitrogen and oxygen atoms in total. The molecule has 0 aliphatic heterocycles. The zero-order valence-electron chi connectivity index (χ0n) is 87.0. The maximum absolute atomic E-state index is 7.01. The summed E-state index contributed by atoms with van der Waals surface area (Å²) in [7, 11) is 0. The fourth-order valence-corrected chi connectivity index (χ4v) is 18.6. The number of nitrogens with one attached hydrogen (secondary N) is 2. The molecule has 11 heteroatoms. The highest BCUT2D eigenvalue weighted by Gasteiger charge is 2.22. The highest BCUT2D eigenvalue weighted by Crippen LogP contribution is 2.44. The molecule has 749 valence electrons. The van der Waals surface area contributed by atoms with Crippen molar-refractivity contribution in [3.63, 3.8) is 0 Å². The Morgan fingerprint density at radius 3 is 0.531 bits per heavy atom. The number of benzene rings is 3. The van der Waals surface area contributed by atoms with Crippen LogP contribution in [0.4, 0.5) is 23.3 Å². The van der Waals surface area contributed by atoms with Gasteiger partial charge in [-0.1, -0.05) is 567 Å². The maximum atomic E-state index is 7.01. The molecule has 0 unspecified atom stereocenters. The second-order valence-corrected chi connectivity index (χ2v) is 39.8. The van der Waals surface area contributed by atoms with Crippen LogP contribution >= 0.6 is 0 Å². The Hall–Kier alpha value is -4.93. The lowest BCUT2D eigenvalue weighted by atomic mass is 10.0. The van der Waals surface area contributed by atoms with Gasteiger partial charge in [-0.15, -0.1) is 0 Å². The molecule has 0 atom stereocenters. The molecule has 2 N–H and O–H groups in total. The van der Waals surface area contributed by atoms with Gasteiger partial charge in [-0.3, -0.25) is 0 Å². The van der Waals surface area contributed by atoms with E-state index >= 15 is 0 Å². The molecule has 1 heterocycles. The van der Waals surface area contributed by atoms with Gasteiger partial charge in [-0.25, -0.2) is 0 Å². The standard InChI is InChI=1S/C119H212N5O6/c1-8-15-21-27-33-39-45-51-57-63-69-75-81-87-97-125-111-103-109(104-112(126-98-88-82-76-70-64-58-52-46-40-34-28-22-16-9-2)115(111)129-101-91-85-79-73-67-61-55-49-43-37-31-25-19-12-5)120-118-122-117(108-95-93-107(14-7)94-96-108)123-119(124-118)121-110-105-113(127-99-89-83-77-71-65-59-53-47-41-35-29-23-17-10-3)116(130-102-92-86-80-74-68-62-56-50-44-38-32-26-20-13-6)114(106-110)128-100-90-84-78-72-66-60-54-48-42-36-30-24-18-11-4/h93-96,103-106H,7-92,97-102H2,1-6H3,(H2,120,121,122,123,124). The highest BCUT2D eigenvalue weighted by molar-refractivity contribution is 5.70. The summed E-state index contributed by atoms with van der Waals surface area (Å²) in [4.78, 5) is 15.8. The normalized spacial score (nSPS) is 11.5. The lowest BCUT2D eigenvalue weighted by molar-refractivity contribution is 0.234. The number of hydrogen-bond donors (Lipinski definition) is 2.